The van der Waals surface area contributed by atoms with E-state index in [2.05, 4.69) is 15.3 Å². The van der Waals surface area contributed by atoms with Gasteiger partial charge in [-0.05, 0) is 53.1 Å². The molecule has 2 heterocycles. The second-order valence-corrected chi connectivity index (χ2v) is 11.6. The largest absolute Gasteiger partial charge is 0.339 e. The fraction of sp³-hybridized carbons (Fsp3) is 0.121. The summed E-state index contributed by atoms with van der Waals surface area (Å²) in [6.07, 6.45) is 7.76. The summed E-state index contributed by atoms with van der Waals surface area (Å²) in [5.41, 5.74) is 2.91. The Morgan fingerprint density at radius 3 is 1.93 bits per heavy atom. The lowest BCUT2D eigenvalue weighted by Gasteiger charge is -2.33. The first-order chi connectivity index (χ1) is 21.2. The zero-order valence-electron chi connectivity index (χ0n) is 23.0. The maximum atomic E-state index is 14.2. The van der Waals surface area contributed by atoms with E-state index < -0.39 is 11.9 Å². The minimum atomic E-state index is -0.961. The lowest BCUT2D eigenvalue weighted by Crippen LogP contribution is -2.52. The van der Waals surface area contributed by atoms with Crippen LogP contribution in [0.4, 0.5) is 0 Å². The lowest BCUT2D eigenvalue weighted by molar-refractivity contribution is -0.133. The van der Waals surface area contributed by atoms with Gasteiger partial charge in [0, 0.05) is 43.1 Å². The molecule has 1 unspecified atom stereocenters. The molecule has 4 aromatic rings. The van der Waals surface area contributed by atoms with Crippen molar-refractivity contribution < 1.29 is 14.4 Å². The molecule has 1 aliphatic heterocycles. The fourth-order valence-corrected chi connectivity index (χ4v) is 5.33. The number of halogens is 4. The van der Waals surface area contributed by atoms with E-state index in [0.717, 1.165) is 5.56 Å². The van der Waals surface area contributed by atoms with E-state index in [1.807, 2.05) is 30.3 Å². The summed E-state index contributed by atoms with van der Waals surface area (Å²) in [6, 6.07) is 18.4. The van der Waals surface area contributed by atoms with E-state index in [0.29, 0.717) is 42.4 Å². The van der Waals surface area contributed by atoms with Crippen LogP contribution < -0.4 is 5.32 Å². The molecular formula is C33H24Cl4N4O3. The summed E-state index contributed by atoms with van der Waals surface area (Å²) in [5.74, 6) is -1.16. The van der Waals surface area contributed by atoms with Gasteiger partial charge in [-0.25, -0.2) is 4.98 Å². The number of rotatable bonds is 7. The van der Waals surface area contributed by atoms with Crippen LogP contribution in [0.2, 0.25) is 20.1 Å². The maximum Gasteiger partial charge on any atom is 0.272 e. The van der Waals surface area contributed by atoms with E-state index in [9.17, 15) is 14.4 Å². The van der Waals surface area contributed by atoms with E-state index in [-0.39, 0.29) is 36.9 Å². The van der Waals surface area contributed by atoms with Crippen LogP contribution in [0.15, 0.2) is 96.5 Å². The first-order valence-electron chi connectivity index (χ1n) is 13.4. The number of hydrogen-bond donors (Lipinski definition) is 1. The number of ketones is 1. The molecule has 44 heavy (non-hydrogen) atoms. The number of nitrogens with zero attached hydrogens (tertiary/aromatic N) is 3. The third-order valence-electron chi connectivity index (χ3n) is 6.87. The van der Waals surface area contributed by atoms with E-state index in [4.69, 9.17) is 46.4 Å². The van der Waals surface area contributed by atoms with Gasteiger partial charge in [0.1, 0.15) is 11.7 Å². The fourth-order valence-electron chi connectivity index (χ4n) is 4.72. The van der Waals surface area contributed by atoms with Gasteiger partial charge in [0.2, 0.25) is 5.91 Å². The molecule has 0 spiro atoms. The summed E-state index contributed by atoms with van der Waals surface area (Å²) in [6.45, 7) is 0.00581. The highest BCUT2D eigenvalue weighted by Gasteiger charge is 2.34. The predicted octanol–water partition coefficient (Wildman–Crippen LogP) is 7.01. The van der Waals surface area contributed by atoms with Crippen LogP contribution in [0.3, 0.4) is 0 Å². The topological polar surface area (TPSA) is 92.3 Å². The Kier molecular flexibility index (Phi) is 10.1. The van der Waals surface area contributed by atoms with E-state index in [1.165, 1.54) is 18.6 Å². The van der Waals surface area contributed by atoms with Crippen molar-refractivity contribution in [2.75, 3.05) is 13.1 Å². The number of carbonyl (C=O) groups excluding carboxylic acids is 3. The SMILES string of the molecule is O=C1C(=Cc2ccc(Cl)c(Cl)c2)CN(C(=O)C(Cc2ccccc2)NC(=O)c2cnccn2)CC1=Cc1ccc(Cl)c(Cl)c1. The van der Waals surface area contributed by atoms with Gasteiger partial charge in [0.25, 0.3) is 5.91 Å². The van der Waals surface area contributed by atoms with Gasteiger partial charge in [-0.1, -0.05) is 88.9 Å². The molecule has 2 amide bonds. The van der Waals surface area contributed by atoms with E-state index in [1.54, 1.807) is 53.5 Å². The number of hydrogen-bond acceptors (Lipinski definition) is 5. The highest BCUT2D eigenvalue weighted by atomic mass is 35.5. The van der Waals surface area contributed by atoms with Crippen molar-refractivity contribution in [2.24, 2.45) is 0 Å². The molecule has 11 heteroatoms. The zero-order chi connectivity index (χ0) is 31.2. The number of aromatic nitrogens is 2. The van der Waals surface area contributed by atoms with Crippen LogP contribution >= 0.6 is 46.4 Å². The van der Waals surface area contributed by atoms with Gasteiger partial charge >= 0.3 is 0 Å². The minimum absolute atomic E-state index is 0.00291. The quantitative estimate of drug-likeness (QED) is 0.215. The Balaban J connectivity index is 1.52. The van der Waals surface area contributed by atoms with Crippen LogP contribution in [0.5, 0.6) is 0 Å². The third kappa shape index (κ3) is 7.73. The first kappa shape index (κ1) is 31.4. The van der Waals surface area contributed by atoms with Gasteiger partial charge in [-0.2, -0.15) is 0 Å². The van der Waals surface area contributed by atoms with Crippen LogP contribution in [0, 0.1) is 0 Å². The summed E-state index contributed by atoms with van der Waals surface area (Å²) in [7, 11) is 0. The number of benzene rings is 3. The normalized spacial score (nSPS) is 15.8. The lowest BCUT2D eigenvalue weighted by atomic mass is 9.93. The van der Waals surface area contributed by atoms with Crippen molar-refractivity contribution in [2.45, 2.75) is 12.5 Å². The molecule has 1 fully saturated rings. The standard InChI is InChI=1S/C33H24Cl4N4O3/c34-25-8-6-21(14-27(25)36)12-23-18-41(19-24(31(23)42)13-22-7-9-26(35)28(37)15-22)33(44)29(16-20-4-2-1-3-5-20)40-32(43)30-17-38-10-11-39-30/h1-15,17,29H,16,18-19H2,(H,40,43). The average molecular weight is 666 g/mol. The molecule has 1 atom stereocenters. The number of likely N-dealkylation sites (tertiary alicyclic amines) is 1. The summed E-state index contributed by atoms with van der Waals surface area (Å²) in [4.78, 5) is 50.6. The molecule has 0 radical (unpaired) electrons. The molecular weight excluding hydrogens is 642 g/mol. The smallest absolute Gasteiger partial charge is 0.272 e. The summed E-state index contributed by atoms with van der Waals surface area (Å²) < 4.78 is 0. The van der Waals surface area contributed by atoms with Gasteiger partial charge in [0.05, 0.1) is 26.3 Å². The zero-order valence-corrected chi connectivity index (χ0v) is 26.0. The van der Waals surface area contributed by atoms with Crippen molar-refractivity contribution in [1.82, 2.24) is 20.2 Å². The van der Waals surface area contributed by atoms with Crippen molar-refractivity contribution in [3.05, 3.63) is 139 Å². The number of nitrogens with one attached hydrogen (secondary N) is 1. The molecule has 3 aromatic carbocycles. The van der Waals surface area contributed by atoms with Crippen LogP contribution in [0.1, 0.15) is 27.2 Å². The van der Waals surface area contributed by atoms with Gasteiger partial charge in [-0.15, -0.1) is 0 Å². The predicted molar refractivity (Wildman–Crippen MR) is 174 cm³/mol. The van der Waals surface area contributed by atoms with Gasteiger partial charge < -0.3 is 10.2 Å². The molecule has 222 valence electrons. The first-order valence-corrected chi connectivity index (χ1v) is 14.9. The molecule has 0 bridgehead atoms. The van der Waals surface area contributed by atoms with Crippen molar-refractivity contribution in [1.29, 1.82) is 0 Å². The Morgan fingerprint density at radius 1 is 0.818 bits per heavy atom. The number of amides is 2. The molecule has 0 saturated carbocycles. The molecule has 1 aromatic heterocycles. The average Bonchev–Trinajstić information content (AvgIpc) is 3.03. The third-order valence-corrected chi connectivity index (χ3v) is 8.35. The molecule has 1 aliphatic rings. The second-order valence-electron chi connectivity index (χ2n) is 10.0. The Bertz CT molecular complexity index is 1710. The second kappa shape index (κ2) is 14.2. The number of Topliss-reactive ketones (excluding diaryl/α,β-unsaturated/α-hetero) is 1. The maximum absolute atomic E-state index is 14.2. The summed E-state index contributed by atoms with van der Waals surface area (Å²) in [5, 5.41) is 4.25. The van der Waals surface area contributed by atoms with Gasteiger partial charge in [-0.3, -0.25) is 19.4 Å². The number of piperidine rings is 1. The van der Waals surface area contributed by atoms with Crippen LogP contribution in [-0.2, 0) is 16.0 Å². The molecule has 0 aliphatic carbocycles. The number of carbonyl (C=O) groups is 3. The Morgan fingerprint density at radius 2 is 1.41 bits per heavy atom. The highest BCUT2D eigenvalue weighted by Crippen LogP contribution is 2.28. The highest BCUT2D eigenvalue weighted by molar-refractivity contribution is 6.42. The molecule has 7 nitrogen and oxygen atoms in total. The molecule has 1 saturated heterocycles. The Hall–Kier alpha value is -4.01. The van der Waals surface area contributed by atoms with E-state index >= 15 is 0 Å². The van der Waals surface area contributed by atoms with Crippen molar-refractivity contribution in [3.63, 3.8) is 0 Å². The van der Waals surface area contributed by atoms with Crippen LogP contribution in [0.25, 0.3) is 12.2 Å². The summed E-state index contributed by atoms with van der Waals surface area (Å²) >= 11 is 24.7. The van der Waals surface area contributed by atoms with Crippen LogP contribution in [-0.4, -0.2) is 51.6 Å². The monoisotopic (exact) mass is 664 g/mol. The minimum Gasteiger partial charge on any atom is -0.339 e. The molecule has 1 N–H and O–H groups in total. The Labute approximate surface area is 274 Å². The van der Waals surface area contributed by atoms with Crippen molar-refractivity contribution >= 4 is 76.2 Å². The molecule has 5 rings (SSSR count). The van der Waals surface area contributed by atoms with Crippen molar-refractivity contribution in [3.8, 4) is 0 Å². The van der Waals surface area contributed by atoms with Gasteiger partial charge in [0.15, 0.2) is 5.78 Å².